The van der Waals surface area contributed by atoms with Crippen LogP contribution >= 0.6 is 11.6 Å². The van der Waals surface area contributed by atoms with Gasteiger partial charge in [-0.1, -0.05) is 47.1 Å². The number of anilines is 1. The molecule has 0 atom stereocenters. The van der Waals surface area contributed by atoms with Crippen molar-refractivity contribution >= 4 is 23.2 Å². The molecule has 0 N–H and O–H groups in total. The number of hydrogen-bond acceptors (Lipinski definition) is 6. The number of aryl methyl sites for hydroxylation is 1. The molecule has 176 valence electrons. The molecule has 7 nitrogen and oxygen atoms in total. The average molecular weight is 487 g/mol. The topological polar surface area (TPSA) is 92.3 Å². The van der Waals surface area contributed by atoms with E-state index in [4.69, 9.17) is 20.9 Å². The monoisotopic (exact) mass is 486 g/mol. The number of rotatable bonds is 9. The molecular formula is C27H23ClN4O3. The van der Waals surface area contributed by atoms with Crippen LogP contribution in [0, 0.1) is 11.3 Å². The Kier molecular flexibility index (Phi) is 7.76. The summed E-state index contributed by atoms with van der Waals surface area (Å²) in [5.41, 5.74) is 2.65. The molecule has 0 radical (unpaired) electrons. The number of benzene rings is 3. The lowest BCUT2D eigenvalue weighted by Gasteiger charge is -2.24. The molecule has 0 aliphatic heterocycles. The maximum Gasteiger partial charge on any atom is 0.227 e. The van der Waals surface area contributed by atoms with Gasteiger partial charge < -0.3 is 14.2 Å². The Morgan fingerprint density at radius 2 is 1.89 bits per heavy atom. The van der Waals surface area contributed by atoms with Crippen LogP contribution in [0.3, 0.4) is 0 Å². The third kappa shape index (κ3) is 6.05. The Balaban J connectivity index is 1.45. The molecule has 1 amide bonds. The molecule has 0 saturated heterocycles. The van der Waals surface area contributed by atoms with Crippen molar-refractivity contribution in [3.63, 3.8) is 0 Å². The van der Waals surface area contributed by atoms with Crippen molar-refractivity contribution in [2.45, 2.75) is 25.8 Å². The molecule has 0 unspecified atom stereocenters. The van der Waals surface area contributed by atoms with Crippen LogP contribution in [0.1, 0.15) is 29.9 Å². The quantitative estimate of drug-likeness (QED) is 0.295. The normalized spacial score (nSPS) is 10.5. The molecule has 4 rings (SSSR count). The summed E-state index contributed by atoms with van der Waals surface area (Å²) in [5, 5.41) is 14.1. The lowest BCUT2D eigenvalue weighted by Crippen LogP contribution is -2.31. The van der Waals surface area contributed by atoms with Gasteiger partial charge >= 0.3 is 0 Å². The van der Waals surface area contributed by atoms with Crippen LogP contribution in [0.15, 0.2) is 77.3 Å². The van der Waals surface area contributed by atoms with E-state index in [1.165, 1.54) is 0 Å². The van der Waals surface area contributed by atoms with E-state index in [2.05, 4.69) is 16.2 Å². The highest BCUT2D eigenvalue weighted by Crippen LogP contribution is 2.27. The maximum absolute atomic E-state index is 13.3. The van der Waals surface area contributed by atoms with E-state index in [0.717, 1.165) is 16.9 Å². The van der Waals surface area contributed by atoms with Crippen LogP contribution in [-0.4, -0.2) is 23.2 Å². The highest BCUT2D eigenvalue weighted by Gasteiger charge is 2.20. The molecule has 0 saturated carbocycles. The number of nitriles is 1. The third-order valence-corrected chi connectivity index (χ3v) is 5.69. The number of methoxy groups -OCH3 is 1. The van der Waals surface area contributed by atoms with Crippen molar-refractivity contribution in [2.75, 3.05) is 12.0 Å². The van der Waals surface area contributed by atoms with Crippen molar-refractivity contribution in [1.82, 2.24) is 10.1 Å². The first-order valence-corrected chi connectivity index (χ1v) is 11.5. The zero-order chi connectivity index (χ0) is 24.6. The van der Waals surface area contributed by atoms with Gasteiger partial charge in [0.05, 0.1) is 24.9 Å². The SMILES string of the molecule is COc1ccc(-c2noc(CCCC(=O)N(Cc3ccccc3)c3cc(Cl)ccc3C#N)n2)cc1. The minimum absolute atomic E-state index is 0.123. The minimum Gasteiger partial charge on any atom is -0.497 e. The molecule has 1 heterocycles. The first-order valence-electron chi connectivity index (χ1n) is 11.1. The second-order valence-electron chi connectivity index (χ2n) is 7.83. The standard InChI is InChI=1S/C27H23ClN4O3/c1-34-23-14-11-20(12-15-23)27-30-25(35-31-27)8-5-9-26(33)32(18-19-6-3-2-4-7-19)24-16-22(28)13-10-21(24)17-29/h2-4,6-7,10-16H,5,8-9,18H2,1H3. The van der Waals surface area contributed by atoms with Crippen molar-refractivity contribution in [2.24, 2.45) is 0 Å². The number of aromatic nitrogens is 2. The van der Waals surface area contributed by atoms with Crippen LogP contribution in [0.25, 0.3) is 11.4 Å². The van der Waals surface area contributed by atoms with Gasteiger partial charge in [0.15, 0.2) is 0 Å². The number of nitrogens with zero attached hydrogens (tertiary/aromatic N) is 4. The maximum atomic E-state index is 13.3. The van der Waals surface area contributed by atoms with Crippen molar-refractivity contribution in [1.29, 1.82) is 5.26 Å². The van der Waals surface area contributed by atoms with E-state index < -0.39 is 0 Å². The number of carbonyl (C=O) groups excluding carboxylic acids is 1. The molecule has 35 heavy (non-hydrogen) atoms. The second kappa shape index (κ2) is 11.3. The number of ether oxygens (including phenoxy) is 1. The number of hydrogen-bond donors (Lipinski definition) is 0. The summed E-state index contributed by atoms with van der Waals surface area (Å²) < 4.78 is 10.5. The van der Waals surface area contributed by atoms with Crippen LogP contribution in [0.5, 0.6) is 5.75 Å². The van der Waals surface area contributed by atoms with Crippen LogP contribution in [0.2, 0.25) is 5.02 Å². The molecule has 0 aliphatic rings. The van der Waals surface area contributed by atoms with E-state index in [1.807, 2.05) is 54.6 Å². The van der Waals surface area contributed by atoms with Gasteiger partial charge in [-0.3, -0.25) is 4.79 Å². The largest absolute Gasteiger partial charge is 0.497 e. The zero-order valence-corrected chi connectivity index (χ0v) is 19.9. The molecule has 0 spiro atoms. The van der Waals surface area contributed by atoms with Gasteiger partial charge in [-0.15, -0.1) is 0 Å². The highest BCUT2D eigenvalue weighted by molar-refractivity contribution is 6.31. The fraction of sp³-hybridized carbons (Fsp3) is 0.185. The van der Waals surface area contributed by atoms with Crippen molar-refractivity contribution < 1.29 is 14.1 Å². The second-order valence-corrected chi connectivity index (χ2v) is 8.27. The fourth-order valence-corrected chi connectivity index (χ4v) is 3.80. The summed E-state index contributed by atoms with van der Waals surface area (Å²) in [6.07, 6.45) is 1.20. The summed E-state index contributed by atoms with van der Waals surface area (Å²) in [4.78, 5) is 19.3. The Hall–Kier alpha value is -4.15. The Labute approximate surface area is 208 Å². The van der Waals surface area contributed by atoms with Gasteiger partial charge in [0.2, 0.25) is 17.6 Å². The van der Waals surface area contributed by atoms with E-state index in [1.54, 1.807) is 30.2 Å². The molecular weight excluding hydrogens is 464 g/mol. The summed E-state index contributed by atoms with van der Waals surface area (Å²) in [5.74, 6) is 1.56. The van der Waals surface area contributed by atoms with Gasteiger partial charge in [0.25, 0.3) is 0 Å². The summed E-state index contributed by atoms with van der Waals surface area (Å²) in [6, 6.07) is 24.1. The van der Waals surface area contributed by atoms with Crippen LogP contribution in [-0.2, 0) is 17.8 Å². The molecule has 8 heteroatoms. The first-order chi connectivity index (χ1) is 17.1. The van der Waals surface area contributed by atoms with E-state index in [0.29, 0.717) is 47.4 Å². The Bertz CT molecular complexity index is 1330. The third-order valence-electron chi connectivity index (χ3n) is 5.45. The lowest BCUT2D eigenvalue weighted by molar-refractivity contribution is -0.118. The minimum atomic E-state index is -0.123. The van der Waals surface area contributed by atoms with Crippen LogP contribution < -0.4 is 9.64 Å². The summed E-state index contributed by atoms with van der Waals surface area (Å²) in [7, 11) is 1.61. The first kappa shape index (κ1) is 24.0. The molecule has 0 aliphatic carbocycles. The van der Waals surface area contributed by atoms with Crippen molar-refractivity contribution in [3.8, 4) is 23.2 Å². The number of halogens is 1. The Morgan fingerprint density at radius 3 is 2.60 bits per heavy atom. The van der Waals surface area contributed by atoms with E-state index in [9.17, 15) is 10.1 Å². The van der Waals surface area contributed by atoms with E-state index >= 15 is 0 Å². The summed E-state index contributed by atoms with van der Waals surface area (Å²) >= 11 is 6.20. The molecule has 0 bridgehead atoms. The lowest BCUT2D eigenvalue weighted by atomic mass is 10.1. The molecule has 4 aromatic rings. The van der Waals surface area contributed by atoms with Gasteiger partial charge in [-0.2, -0.15) is 10.2 Å². The Morgan fingerprint density at radius 1 is 1.11 bits per heavy atom. The smallest absolute Gasteiger partial charge is 0.227 e. The van der Waals surface area contributed by atoms with Gasteiger partial charge in [0, 0.05) is 23.4 Å². The highest BCUT2D eigenvalue weighted by atomic mass is 35.5. The van der Waals surface area contributed by atoms with Gasteiger partial charge in [0.1, 0.15) is 11.8 Å². The van der Waals surface area contributed by atoms with Gasteiger partial charge in [-0.25, -0.2) is 0 Å². The van der Waals surface area contributed by atoms with Crippen molar-refractivity contribution in [3.05, 3.63) is 94.8 Å². The van der Waals surface area contributed by atoms with Crippen LogP contribution in [0.4, 0.5) is 5.69 Å². The molecule has 0 fully saturated rings. The predicted octanol–water partition coefficient (Wildman–Crippen LogP) is 5.83. The predicted molar refractivity (Wildman–Crippen MR) is 133 cm³/mol. The number of carbonyl (C=O) groups is 1. The average Bonchev–Trinajstić information content (AvgIpc) is 3.37. The molecule has 1 aromatic heterocycles. The van der Waals surface area contributed by atoms with E-state index in [-0.39, 0.29) is 12.3 Å². The zero-order valence-electron chi connectivity index (χ0n) is 19.1. The fourth-order valence-electron chi connectivity index (χ4n) is 3.64. The molecule has 3 aromatic carbocycles. The summed E-state index contributed by atoms with van der Waals surface area (Å²) in [6.45, 7) is 0.330. The number of amides is 1. The van der Waals surface area contributed by atoms with Gasteiger partial charge in [-0.05, 0) is 54.4 Å².